The van der Waals surface area contributed by atoms with Gasteiger partial charge in [-0.2, -0.15) is 26.3 Å². The Labute approximate surface area is 702 Å². The van der Waals surface area contributed by atoms with E-state index in [1.165, 1.54) is 57.1 Å². The van der Waals surface area contributed by atoms with Crippen molar-refractivity contribution < 1.29 is 110 Å². The van der Waals surface area contributed by atoms with E-state index >= 15 is 4.39 Å². The van der Waals surface area contributed by atoms with Gasteiger partial charge >= 0.3 is 30.5 Å². The molecule has 121 heavy (non-hydrogen) atoms. The number of alkyl halides is 6. The molecule has 0 bridgehead atoms. The first-order chi connectivity index (χ1) is 57.1. The third-order valence-electron chi connectivity index (χ3n) is 18.6. The molecule has 656 valence electrons. The second kappa shape index (κ2) is 43.7. The van der Waals surface area contributed by atoms with Gasteiger partial charge in [0.05, 0.1) is 66.3 Å². The third-order valence-corrected chi connectivity index (χ3v) is 22.4. The van der Waals surface area contributed by atoms with Gasteiger partial charge in [0.25, 0.3) is 33.0 Å². The predicted molar refractivity (Wildman–Crippen MR) is 431 cm³/mol. The molecule has 4 aromatic carbocycles. The molecule has 0 unspecified atom stereocenters. The minimum atomic E-state index is -4.61. The topological polar surface area (TPSA) is 385 Å². The number of ether oxygens (including phenoxy) is 5. The number of carbonyl (C=O) groups is 5. The molecule has 0 spiro atoms. The van der Waals surface area contributed by atoms with Crippen LogP contribution in [-0.2, 0) is 74.1 Å². The van der Waals surface area contributed by atoms with Crippen molar-refractivity contribution in [1.82, 2.24) is 49.9 Å². The van der Waals surface area contributed by atoms with Crippen LogP contribution >= 0.6 is 23.2 Å². The lowest BCUT2D eigenvalue weighted by Crippen LogP contribution is -2.56. The largest absolute Gasteiger partial charge is 0.497 e. The number of benzene rings is 4. The number of hydrogen-bond donors (Lipinski definition) is 6. The number of piperidine rings is 3. The first kappa shape index (κ1) is 96.7. The number of esters is 1. The molecule has 3 saturated heterocycles. The van der Waals surface area contributed by atoms with Crippen LogP contribution in [0, 0.1) is 17.6 Å². The molecule has 3 aliphatic heterocycles. The molecule has 6 atom stereocenters. The zero-order valence-corrected chi connectivity index (χ0v) is 70.0. The van der Waals surface area contributed by atoms with Gasteiger partial charge in [0.2, 0.25) is 0 Å². The molecule has 44 heteroatoms. The second-order valence-electron chi connectivity index (χ2n) is 28.2. The molecule has 8 aromatic rings. The van der Waals surface area contributed by atoms with Gasteiger partial charge in [-0.1, -0.05) is 53.5 Å². The highest BCUT2D eigenvalue weighted by Gasteiger charge is 2.42. The number of methoxy groups -OCH3 is 3. The fourth-order valence-electron chi connectivity index (χ4n) is 12.7. The quantitative estimate of drug-likeness (QED) is 0.0159. The van der Waals surface area contributed by atoms with Crippen molar-refractivity contribution in [1.29, 1.82) is 0 Å². The first-order valence-electron chi connectivity index (χ1n) is 36.5. The fourth-order valence-corrected chi connectivity index (χ4v) is 15.9. The number of aromatic nitrogens is 6. The number of likely N-dealkylation sites (tertiary alicyclic amines) is 1. The molecule has 11 rings (SSSR count). The number of likely N-dealkylation sites (N-methyl/N-ethyl adjacent to an activating group) is 2. The van der Waals surface area contributed by atoms with Crippen molar-refractivity contribution >= 4 is 109 Å². The minimum absolute atomic E-state index is 0.0126. The first-order valence-corrected chi connectivity index (χ1v) is 40.2. The summed E-state index contributed by atoms with van der Waals surface area (Å²) in [6.07, 6.45) is -1.54. The van der Waals surface area contributed by atoms with Crippen molar-refractivity contribution in [3.8, 4) is 11.5 Å². The Morgan fingerprint density at radius 3 is 1.60 bits per heavy atom. The molecular formula is C77H90Cl2F8N16O16S2. The number of sulfonamides is 2. The number of nitrogens with one attached hydrogen (secondary N) is 4. The van der Waals surface area contributed by atoms with Gasteiger partial charge in [0.1, 0.15) is 81.1 Å². The van der Waals surface area contributed by atoms with E-state index in [9.17, 15) is 62.0 Å². The minimum Gasteiger partial charge on any atom is -0.497 e. The Balaban J connectivity index is 0.000000250. The molecular weight excluding hydrogens is 1690 g/mol. The summed E-state index contributed by atoms with van der Waals surface area (Å²) in [7, 11) is 2.54. The lowest BCUT2D eigenvalue weighted by molar-refractivity contribution is -0.148. The second-order valence-corrected chi connectivity index (χ2v) is 32.5. The monoisotopic (exact) mass is 1780 g/mol. The Bertz CT molecular complexity index is 5010. The molecule has 0 radical (unpaired) electrons. The number of amides is 2. The number of anilines is 6. The summed E-state index contributed by atoms with van der Waals surface area (Å²) < 4.78 is 193. The maximum Gasteiger partial charge on any atom is 0.416 e. The van der Waals surface area contributed by atoms with E-state index in [4.69, 9.17) is 66.7 Å². The van der Waals surface area contributed by atoms with Crippen molar-refractivity contribution in [2.45, 2.75) is 111 Å². The zero-order chi connectivity index (χ0) is 89.3. The van der Waals surface area contributed by atoms with E-state index in [1.54, 1.807) is 48.8 Å². The molecule has 4 aromatic heterocycles. The molecule has 2 amide bonds. The van der Waals surface area contributed by atoms with E-state index in [0.717, 1.165) is 77.1 Å². The predicted octanol–water partition coefficient (Wildman–Crippen LogP) is 11.9. The van der Waals surface area contributed by atoms with Crippen molar-refractivity contribution in [3.63, 3.8) is 0 Å². The maximum atomic E-state index is 15.9. The van der Waals surface area contributed by atoms with Gasteiger partial charge in [0, 0.05) is 112 Å². The van der Waals surface area contributed by atoms with Crippen LogP contribution in [-0.4, -0.2) is 227 Å². The molecule has 3 fully saturated rings. The average molecular weight is 1780 g/mol. The summed E-state index contributed by atoms with van der Waals surface area (Å²) in [5, 5.41) is 22.8. The summed E-state index contributed by atoms with van der Waals surface area (Å²) in [5.74, 6) is -2.08. The fraction of sp³-hybridized carbons (Fsp3) is 0.390. The van der Waals surface area contributed by atoms with Crippen LogP contribution in [0.4, 0.5) is 79.4 Å². The van der Waals surface area contributed by atoms with Crippen molar-refractivity contribution in [2.75, 3.05) is 118 Å². The summed E-state index contributed by atoms with van der Waals surface area (Å²) in [6, 6.07) is 23.3. The van der Waals surface area contributed by atoms with Gasteiger partial charge in [-0.25, -0.2) is 69.4 Å². The summed E-state index contributed by atoms with van der Waals surface area (Å²) >= 11 is 13.0. The Morgan fingerprint density at radius 2 is 1.13 bits per heavy atom. The Morgan fingerprint density at radius 1 is 0.620 bits per heavy atom. The molecule has 0 saturated carbocycles. The molecule has 32 nitrogen and oxygen atoms in total. The van der Waals surface area contributed by atoms with Gasteiger partial charge in [-0.15, -0.1) is 0 Å². The van der Waals surface area contributed by atoms with Crippen LogP contribution in [0.2, 0.25) is 10.0 Å². The Hall–Kier alpha value is -11.5. The standard InChI is InChI=1S/C32H34ClF4N7O4S.C23H24ClF4N7O2S.C20H28N2O6.2CH2O2/c1-42(2)27-18-43(31-13-21(7-11-39-31)32(35,36)37)12-9-25(27)41-26-16-24(34)29(15-23(26)33)49(45,46)44(30-8-10-38-19-40-30)17-20-5-6-22(47-3)14-28(20)48-4;1-34(2)19-12-35(22-9-14(3-7-30-22)23(26,27)28)8-5-17(19)32-18-11-16(25)20(10-15(18)24)38(36,37)33-21-4-6-29-13-31-21;1-20(2,3)28-18(24)21-16-10-11-22(12-15(16)17(23)26-4)19(25)27-13-14-8-6-5-7-9-14;2*2-1-3/h5-8,10-11,13-16,19,25,27,41H,9,12,17-18H2,1-4H3;3-4,6-7,9-11,13,17,19,32H,5,8,12H2,1-2H3,(H,29,31,33);5-9,15-16H,10-13H2,1-4H3,(H,21,24);2*1H,(H,2,3)/t25-,27-;17-,19-;15-,16-;;/m000../s1. The normalized spacial score (nSPS) is 17.3. The number of halogens is 10. The lowest BCUT2D eigenvalue weighted by Gasteiger charge is -2.43. The van der Waals surface area contributed by atoms with Gasteiger partial charge in [-0.3, -0.25) is 19.1 Å². The third kappa shape index (κ3) is 27.5. The van der Waals surface area contributed by atoms with Gasteiger partial charge in [0.15, 0.2) is 0 Å². The smallest absolute Gasteiger partial charge is 0.416 e. The SMILES string of the molecule is CN(C)[C@H]1CN(c2cc(C(F)(F)F)ccn2)CC[C@@H]1Nc1cc(F)c(S(=O)(=O)Nc2ccncn2)cc1Cl.COC(=O)[C@H]1CN(C(=O)OCc2ccccc2)CC[C@@H]1NC(=O)OC(C)(C)C.COc1ccc(CN(c2ccncn2)S(=O)(=O)c2cc(Cl)c(N[C@H]3CCN(c4cc(C(F)(F)F)ccn4)C[C@@H]3N(C)C)cc2F)c(OC)c1.O=CO.O=CO. The van der Waals surface area contributed by atoms with Gasteiger partial charge in [-0.05, 0) is 141 Å². The number of nitrogens with zero attached hydrogens (tertiary/aromatic N) is 12. The molecule has 0 aliphatic carbocycles. The number of hydrogen-bond acceptors (Lipinski definition) is 26. The highest BCUT2D eigenvalue weighted by atomic mass is 35.5. The van der Waals surface area contributed by atoms with Crippen molar-refractivity contribution in [3.05, 3.63) is 191 Å². The summed E-state index contributed by atoms with van der Waals surface area (Å²) in [4.78, 5) is 84.5. The number of carboxylic acid groups (broad SMARTS) is 2. The molecule has 7 heterocycles. The van der Waals surface area contributed by atoms with E-state index < -0.39 is 101 Å². The van der Waals surface area contributed by atoms with Crippen LogP contribution in [0.25, 0.3) is 0 Å². The Kier molecular flexibility index (Phi) is 34.9. The number of pyridine rings is 2. The average Bonchev–Trinajstić information content (AvgIpc) is 0.766. The number of carbonyl (C=O) groups excluding carboxylic acids is 3. The number of alkyl carbamates (subject to hydrolysis) is 1. The lowest BCUT2D eigenvalue weighted by atomic mass is 9.92. The van der Waals surface area contributed by atoms with Crippen LogP contribution in [0.3, 0.4) is 0 Å². The zero-order valence-electron chi connectivity index (χ0n) is 66.8. The van der Waals surface area contributed by atoms with Crippen LogP contribution < -0.4 is 44.3 Å². The highest BCUT2D eigenvalue weighted by Crippen LogP contribution is 2.39. The van der Waals surface area contributed by atoms with Crippen LogP contribution in [0.5, 0.6) is 11.5 Å². The van der Waals surface area contributed by atoms with Crippen molar-refractivity contribution in [2.24, 2.45) is 5.92 Å². The molecule has 3 aliphatic rings. The summed E-state index contributed by atoms with van der Waals surface area (Å²) in [5.41, 5.74) is -0.544. The van der Waals surface area contributed by atoms with Crippen LogP contribution in [0.15, 0.2) is 156 Å². The van der Waals surface area contributed by atoms with E-state index in [1.807, 2.05) is 68.3 Å². The maximum absolute atomic E-state index is 15.9. The van der Waals surface area contributed by atoms with E-state index in [2.05, 4.69) is 50.6 Å². The van der Waals surface area contributed by atoms with E-state index in [0.29, 0.717) is 69.0 Å². The number of rotatable bonds is 22. The highest BCUT2D eigenvalue weighted by molar-refractivity contribution is 7.93. The molecule has 6 N–H and O–H groups in total. The van der Waals surface area contributed by atoms with Gasteiger partial charge < -0.3 is 74.3 Å². The van der Waals surface area contributed by atoms with E-state index in [-0.39, 0.29) is 101 Å². The van der Waals surface area contributed by atoms with Crippen LogP contribution in [0.1, 0.15) is 62.3 Å². The summed E-state index contributed by atoms with van der Waals surface area (Å²) in [6.45, 7) is 6.50.